The van der Waals surface area contributed by atoms with Gasteiger partial charge >= 0.3 is 6.18 Å². The maximum absolute atomic E-state index is 11.8. The normalized spacial score (nSPS) is 24.7. The second-order valence-corrected chi connectivity index (χ2v) is 2.35. The highest BCUT2D eigenvalue weighted by Crippen LogP contribution is 2.22. The minimum Gasteiger partial charge on any atom is -0.468 e. The van der Waals surface area contributed by atoms with Gasteiger partial charge in [-0.1, -0.05) is 0 Å². The quantitative estimate of drug-likeness (QED) is 0.572. The van der Waals surface area contributed by atoms with Crippen LogP contribution in [0.25, 0.3) is 0 Å². The molecule has 0 saturated carbocycles. The molecule has 11 heavy (non-hydrogen) atoms. The van der Waals surface area contributed by atoms with Crippen molar-refractivity contribution in [3.8, 4) is 0 Å². The number of hydrogen-bond acceptors (Lipinski definition) is 2. The van der Waals surface area contributed by atoms with Gasteiger partial charge in [0.2, 0.25) is 0 Å². The molecule has 1 aliphatic heterocycles. The molecule has 0 aromatic rings. The van der Waals surface area contributed by atoms with Crippen LogP contribution in [0, 0.1) is 0 Å². The molecule has 0 radical (unpaired) electrons. The van der Waals surface area contributed by atoms with Crippen molar-refractivity contribution in [2.24, 2.45) is 4.99 Å². The predicted molar refractivity (Wildman–Crippen MR) is 33.9 cm³/mol. The van der Waals surface area contributed by atoms with E-state index in [1.165, 1.54) is 0 Å². The highest BCUT2D eigenvalue weighted by molar-refractivity contribution is 6.18. The Kier molecular flexibility index (Phi) is 2.27. The van der Waals surface area contributed by atoms with Gasteiger partial charge in [0, 0.05) is 0 Å². The third-order valence-corrected chi connectivity index (χ3v) is 1.48. The maximum Gasteiger partial charge on any atom is 0.468 e. The minimum absolute atomic E-state index is 0.00164. The van der Waals surface area contributed by atoms with Crippen LogP contribution in [0.2, 0.25) is 0 Å². The van der Waals surface area contributed by atoms with E-state index in [1.807, 2.05) is 0 Å². The number of rotatable bonds is 1. The molecule has 1 heterocycles. The molecule has 1 aliphatic rings. The Hall–Kier alpha value is -0.450. The molecule has 0 aliphatic carbocycles. The number of halogens is 4. The Balaban J connectivity index is 2.53. The summed E-state index contributed by atoms with van der Waals surface area (Å²) < 4.78 is 39.7. The van der Waals surface area contributed by atoms with Crippen LogP contribution in [0.5, 0.6) is 0 Å². The zero-order chi connectivity index (χ0) is 8.48. The summed E-state index contributed by atoms with van der Waals surface area (Å²) in [6.07, 6.45) is -5.09. The summed E-state index contributed by atoms with van der Waals surface area (Å²) in [6.45, 7) is -0.00164. The molecular formula is C5H5ClF3NO. The fourth-order valence-electron chi connectivity index (χ4n) is 0.654. The number of nitrogens with zero attached hydrogens (tertiary/aromatic N) is 1. The van der Waals surface area contributed by atoms with Crippen molar-refractivity contribution in [3.05, 3.63) is 0 Å². The molecule has 2 nitrogen and oxygen atoms in total. The summed E-state index contributed by atoms with van der Waals surface area (Å²) in [6, 6.07) is 0. The van der Waals surface area contributed by atoms with Gasteiger partial charge in [-0.3, -0.25) is 0 Å². The lowest BCUT2D eigenvalue weighted by Crippen LogP contribution is -2.26. The molecule has 64 valence electrons. The number of aliphatic imine (C=N–C) groups is 1. The van der Waals surface area contributed by atoms with Crippen molar-refractivity contribution in [1.29, 1.82) is 0 Å². The van der Waals surface area contributed by atoms with E-state index in [-0.39, 0.29) is 12.4 Å². The van der Waals surface area contributed by atoms with Crippen molar-refractivity contribution in [3.63, 3.8) is 0 Å². The van der Waals surface area contributed by atoms with E-state index < -0.39 is 18.2 Å². The summed E-state index contributed by atoms with van der Waals surface area (Å²) in [5.74, 6) is -1.13. The van der Waals surface area contributed by atoms with Crippen LogP contribution in [0.1, 0.15) is 0 Å². The Labute approximate surface area is 66.0 Å². The summed E-state index contributed by atoms with van der Waals surface area (Å²) in [7, 11) is 0. The number of alkyl halides is 4. The molecule has 0 aromatic carbocycles. The Morgan fingerprint density at radius 2 is 2.27 bits per heavy atom. The van der Waals surface area contributed by atoms with E-state index in [4.69, 9.17) is 11.6 Å². The largest absolute Gasteiger partial charge is 0.468 e. The van der Waals surface area contributed by atoms with Gasteiger partial charge in [-0.05, 0) is 0 Å². The Morgan fingerprint density at radius 3 is 2.55 bits per heavy atom. The Morgan fingerprint density at radius 1 is 1.64 bits per heavy atom. The van der Waals surface area contributed by atoms with Gasteiger partial charge in [0.25, 0.3) is 5.90 Å². The zero-order valence-corrected chi connectivity index (χ0v) is 6.11. The van der Waals surface area contributed by atoms with Crippen LogP contribution in [0.4, 0.5) is 13.2 Å². The van der Waals surface area contributed by atoms with Crippen molar-refractivity contribution in [2.45, 2.75) is 12.3 Å². The fourth-order valence-corrected chi connectivity index (χ4v) is 0.814. The van der Waals surface area contributed by atoms with Crippen LogP contribution in [-0.4, -0.2) is 30.6 Å². The SMILES string of the molecule is FC(F)(F)C1=NCC(CCl)O1. The van der Waals surface area contributed by atoms with Gasteiger partial charge in [-0.2, -0.15) is 13.2 Å². The number of ether oxygens (including phenoxy) is 1. The highest BCUT2D eigenvalue weighted by Gasteiger charge is 2.42. The predicted octanol–water partition coefficient (Wildman–Crippen LogP) is 1.58. The van der Waals surface area contributed by atoms with Gasteiger partial charge in [0.15, 0.2) is 0 Å². The first-order valence-electron chi connectivity index (χ1n) is 2.88. The smallest absolute Gasteiger partial charge is 0.468 e. The first-order valence-corrected chi connectivity index (χ1v) is 3.41. The topological polar surface area (TPSA) is 21.6 Å². The Bertz CT molecular complexity index is 179. The van der Waals surface area contributed by atoms with E-state index in [9.17, 15) is 13.2 Å². The molecule has 0 saturated heterocycles. The first kappa shape index (κ1) is 8.64. The maximum atomic E-state index is 11.8. The van der Waals surface area contributed by atoms with Crippen LogP contribution >= 0.6 is 11.6 Å². The first-order chi connectivity index (χ1) is 5.04. The van der Waals surface area contributed by atoms with Crippen LogP contribution in [0.15, 0.2) is 4.99 Å². The van der Waals surface area contributed by atoms with Gasteiger partial charge < -0.3 is 4.74 Å². The molecule has 1 unspecified atom stereocenters. The standard InChI is InChI=1S/C5H5ClF3NO/c6-1-3-2-10-4(11-3)5(7,8)9/h3H,1-2H2. The van der Waals surface area contributed by atoms with Gasteiger partial charge in [-0.25, -0.2) is 4.99 Å². The van der Waals surface area contributed by atoms with E-state index in [2.05, 4.69) is 9.73 Å². The second-order valence-electron chi connectivity index (χ2n) is 2.04. The molecule has 0 spiro atoms. The van der Waals surface area contributed by atoms with Crippen molar-refractivity contribution >= 4 is 17.5 Å². The van der Waals surface area contributed by atoms with E-state index in [0.29, 0.717) is 0 Å². The van der Waals surface area contributed by atoms with E-state index >= 15 is 0 Å². The summed E-state index contributed by atoms with van der Waals surface area (Å²) in [5.41, 5.74) is 0. The molecule has 0 N–H and O–H groups in total. The number of hydrogen-bond donors (Lipinski definition) is 0. The van der Waals surface area contributed by atoms with Crippen LogP contribution in [0.3, 0.4) is 0 Å². The summed E-state index contributed by atoms with van der Waals surface area (Å²) in [5, 5.41) is 0. The van der Waals surface area contributed by atoms with Gasteiger partial charge in [0.05, 0.1) is 12.4 Å². The third-order valence-electron chi connectivity index (χ3n) is 1.13. The second kappa shape index (κ2) is 2.89. The molecule has 0 fully saturated rings. The lowest BCUT2D eigenvalue weighted by Gasteiger charge is -2.08. The minimum atomic E-state index is -4.47. The van der Waals surface area contributed by atoms with Crippen molar-refractivity contribution < 1.29 is 17.9 Å². The van der Waals surface area contributed by atoms with Crippen LogP contribution < -0.4 is 0 Å². The van der Waals surface area contributed by atoms with E-state index in [1.54, 1.807) is 0 Å². The lowest BCUT2D eigenvalue weighted by molar-refractivity contribution is -0.0780. The molecule has 1 atom stereocenters. The molecule has 6 heteroatoms. The zero-order valence-electron chi connectivity index (χ0n) is 5.36. The highest BCUT2D eigenvalue weighted by atomic mass is 35.5. The monoisotopic (exact) mass is 187 g/mol. The van der Waals surface area contributed by atoms with E-state index in [0.717, 1.165) is 0 Å². The molecule has 0 aromatic heterocycles. The van der Waals surface area contributed by atoms with Gasteiger partial charge in [-0.15, -0.1) is 11.6 Å². The molecule has 0 bridgehead atoms. The van der Waals surface area contributed by atoms with Crippen molar-refractivity contribution in [2.75, 3.05) is 12.4 Å². The molecule has 1 rings (SSSR count). The average molecular weight is 188 g/mol. The molecule has 0 amide bonds. The lowest BCUT2D eigenvalue weighted by atomic mass is 10.4. The van der Waals surface area contributed by atoms with Crippen molar-refractivity contribution in [1.82, 2.24) is 0 Å². The average Bonchev–Trinajstić information content (AvgIpc) is 2.32. The van der Waals surface area contributed by atoms with Crippen LogP contribution in [-0.2, 0) is 4.74 Å². The summed E-state index contributed by atoms with van der Waals surface area (Å²) in [4.78, 5) is 3.14. The van der Waals surface area contributed by atoms with Gasteiger partial charge in [0.1, 0.15) is 6.10 Å². The fraction of sp³-hybridized carbons (Fsp3) is 0.800. The molecular weight excluding hydrogens is 183 g/mol. The third kappa shape index (κ3) is 1.99. The summed E-state index contributed by atoms with van der Waals surface area (Å²) >= 11 is 5.26.